The molecular weight excluding hydrogens is 168 g/mol. The van der Waals surface area contributed by atoms with Crippen LogP contribution in [0.3, 0.4) is 0 Å². The molecule has 1 aliphatic rings. The van der Waals surface area contributed by atoms with Crippen LogP contribution in [0.2, 0.25) is 0 Å². The van der Waals surface area contributed by atoms with Crippen LogP contribution in [-0.2, 0) is 9.59 Å². The van der Waals surface area contributed by atoms with Crippen molar-refractivity contribution < 1.29 is 9.59 Å². The van der Waals surface area contributed by atoms with E-state index in [1.165, 1.54) is 0 Å². The number of amides is 2. The van der Waals surface area contributed by atoms with Crippen molar-refractivity contribution in [2.45, 2.75) is 32.7 Å². The molecule has 0 saturated carbocycles. The lowest BCUT2D eigenvalue weighted by molar-refractivity contribution is -0.145. The van der Waals surface area contributed by atoms with Crippen molar-refractivity contribution in [3.8, 4) is 0 Å². The van der Waals surface area contributed by atoms with Crippen LogP contribution >= 0.6 is 0 Å². The highest BCUT2D eigenvalue weighted by atomic mass is 16.2. The van der Waals surface area contributed by atoms with Gasteiger partial charge in [-0.25, -0.2) is 0 Å². The summed E-state index contributed by atoms with van der Waals surface area (Å²) >= 11 is 0. The smallest absolute Gasteiger partial charge is 0.311 e. The quantitative estimate of drug-likeness (QED) is 0.589. The first-order chi connectivity index (χ1) is 6.11. The van der Waals surface area contributed by atoms with Crippen LogP contribution in [0.4, 0.5) is 0 Å². The zero-order valence-corrected chi connectivity index (χ0v) is 8.17. The normalized spacial score (nSPS) is 16.4. The molecule has 0 aromatic heterocycles. The molecule has 1 saturated heterocycles. The van der Waals surface area contributed by atoms with E-state index in [0.29, 0.717) is 0 Å². The zero-order valence-electron chi connectivity index (χ0n) is 8.17. The molecule has 1 rings (SSSR count). The lowest BCUT2D eigenvalue weighted by Crippen LogP contribution is -2.43. The number of rotatable bonds is 1. The predicted octanol–water partition coefficient (Wildman–Crippen LogP) is 0.133. The first-order valence-corrected chi connectivity index (χ1v) is 4.71. The maximum atomic E-state index is 11.4. The fraction of sp³-hybridized carbons (Fsp3) is 0.778. The molecule has 74 valence electrons. The summed E-state index contributed by atoms with van der Waals surface area (Å²) in [5, 5.41) is 2.59. The van der Waals surface area contributed by atoms with Crippen molar-refractivity contribution in [1.82, 2.24) is 10.2 Å². The van der Waals surface area contributed by atoms with Gasteiger partial charge in [0, 0.05) is 19.1 Å². The Kier molecular flexibility index (Phi) is 3.28. The van der Waals surface area contributed by atoms with E-state index in [4.69, 9.17) is 0 Å². The Balaban J connectivity index is 2.41. The maximum absolute atomic E-state index is 11.4. The molecular formula is C9H16N2O2. The summed E-state index contributed by atoms with van der Waals surface area (Å²) in [5.41, 5.74) is 0. The molecule has 0 spiro atoms. The first kappa shape index (κ1) is 10.0. The molecule has 0 aliphatic carbocycles. The van der Waals surface area contributed by atoms with Gasteiger partial charge >= 0.3 is 11.8 Å². The highest BCUT2D eigenvalue weighted by molar-refractivity contribution is 6.35. The van der Waals surface area contributed by atoms with Crippen molar-refractivity contribution in [3.05, 3.63) is 0 Å². The van der Waals surface area contributed by atoms with Gasteiger partial charge in [-0.3, -0.25) is 9.59 Å². The second-order valence-corrected chi connectivity index (χ2v) is 3.63. The van der Waals surface area contributed by atoms with Crippen LogP contribution in [0.25, 0.3) is 0 Å². The summed E-state index contributed by atoms with van der Waals surface area (Å²) in [6.07, 6.45) is 2.03. The van der Waals surface area contributed by atoms with E-state index in [1.54, 1.807) is 4.90 Å². The van der Waals surface area contributed by atoms with Crippen LogP contribution in [0, 0.1) is 0 Å². The van der Waals surface area contributed by atoms with Crippen molar-refractivity contribution in [2.75, 3.05) is 13.1 Å². The standard InChI is InChI=1S/C9H16N2O2/c1-7(2)10-8(12)9(13)11-5-3-4-6-11/h7H,3-6H2,1-2H3,(H,10,12). The number of nitrogens with zero attached hydrogens (tertiary/aromatic N) is 1. The van der Waals surface area contributed by atoms with Crippen molar-refractivity contribution in [2.24, 2.45) is 0 Å². The third kappa shape index (κ3) is 2.72. The van der Waals surface area contributed by atoms with Gasteiger partial charge in [0.1, 0.15) is 0 Å². The van der Waals surface area contributed by atoms with Gasteiger partial charge < -0.3 is 10.2 Å². The predicted molar refractivity (Wildman–Crippen MR) is 49.1 cm³/mol. The minimum absolute atomic E-state index is 0.0269. The summed E-state index contributed by atoms with van der Waals surface area (Å²) in [4.78, 5) is 24.2. The molecule has 1 N–H and O–H groups in total. The maximum Gasteiger partial charge on any atom is 0.311 e. The molecule has 0 aromatic carbocycles. The van der Waals surface area contributed by atoms with Crippen LogP contribution in [-0.4, -0.2) is 35.8 Å². The summed E-state index contributed by atoms with van der Waals surface area (Å²) in [7, 11) is 0. The lowest BCUT2D eigenvalue weighted by atomic mass is 10.3. The van der Waals surface area contributed by atoms with Gasteiger partial charge in [0.25, 0.3) is 0 Å². The molecule has 0 atom stereocenters. The van der Waals surface area contributed by atoms with Gasteiger partial charge in [0.2, 0.25) is 0 Å². The molecule has 4 nitrogen and oxygen atoms in total. The van der Waals surface area contributed by atoms with Gasteiger partial charge in [0.15, 0.2) is 0 Å². The summed E-state index contributed by atoms with van der Waals surface area (Å²) in [5.74, 6) is -0.858. The van der Waals surface area contributed by atoms with Gasteiger partial charge in [-0.05, 0) is 26.7 Å². The SMILES string of the molecule is CC(C)NC(=O)C(=O)N1CCCC1. The average molecular weight is 184 g/mol. The van der Waals surface area contributed by atoms with E-state index >= 15 is 0 Å². The first-order valence-electron chi connectivity index (χ1n) is 4.71. The van der Waals surface area contributed by atoms with E-state index < -0.39 is 5.91 Å². The van der Waals surface area contributed by atoms with E-state index in [1.807, 2.05) is 13.8 Å². The second kappa shape index (κ2) is 4.25. The highest BCUT2D eigenvalue weighted by Gasteiger charge is 2.24. The van der Waals surface area contributed by atoms with E-state index in [0.717, 1.165) is 25.9 Å². The third-order valence-corrected chi connectivity index (χ3v) is 2.01. The molecule has 0 bridgehead atoms. The van der Waals surface area contributed by atoms with Gasteiger partial charge in [-0.2, -0.15) is 0 Å². The molecule has 1 fully saturated rings. The van der Waals surface area contributed by atoms with Gasteiger partial charge in [0.05, 0.1) is 0 Å². The third-order valence-electron chi connectivity index (χ3n) is 2.01. The summed E-state index contributed by atoms with van der Waals surface area (Å²) in [6.45, 7) is 5.14. The molecule has 0 unspecified atom stereocenters. The van der Waals surface area contributed by atoms with Crippen LogP contribution in [0.15, 0.2) is 0 Å². The largest absolute Gasteiger partial charge is 0.346 e. The van der Waals surface area contributed by atoms with Gasteiger partial charge in [-0.1, -0.05) is 0 Å². The monoisotopic (exact) mass is 184 g/mol. The fourth-order valence-electron chi connectivity index (χ4n) is 1.39. The van der Waals surface area contributed by atoms with E-state index in [9.17, 15) is 9.59 Å². The molecule has 0 aromatic rings. The minimum Gasteiger partial charge on any atom is -0.346 e. The Morgan fingerprint density at radius 2 is 1.77 bits per heavy atom. The topological polar surface area (TPSA) is 49.4 Å². The van der Waals surface area contributed by atoms with Crippen LogP contribution in [0.1, 0.15) is 26.7 Å². The lowest BCUT2D eigenvalue weighted by Gasteiger charge is -2.15. The number of carbonyl (C=O) groups is 2. The Morgan fingerprint density at radius 3 is 2.23 bits per heavy atom. The highest BCUT2D eigenvalue weighted by Crippen LogP contribution is 2.07. The number of likely N-dealkylation sites (tertiary alicyclic amines) is 1. The molecule has 2 amide bonds. The van der Waals surface area contributed by atoms with Gasteiger partial charge in [-0.15, -0.1) is 0 Å². The summed E-state index contributed by atoms with van der Waals surface area (Å²) in [6, 6.07) is 0.0269. The van der Waals surface area contributed by atoms with E-state index in [2.05, 4.69) is 5.32 Å². The Labute approximate surface area is 78.3 Å². The van der Waals surface area contributed by atoms with Crippen molar-refractivity contribution in [3.63, 3.8) is 0 Å². The Bertz CT molecular complexity index is 208. The number of hydrogen-bond acceptors (Lipinski definition) is 2. The van der Waals surface area contributed by atoms with E-state index in [-0.39, 0.29) is 11.9 Å². The van der Waals surface area contributed by atoms with Crippen LogP contribution in [0.5, 0.6) is 0 Å². The fourth-order valence-corrected chi connectivity index (χ4v) is 1.39. The zero-order chi connectivity index (χ0) is 9.84. The number of hydrogen-bond donors (Lipinski definition) is 1. The number of nitrogens with one attached hydrogen (secondary N) is 1. The minimum atomic E-state index is -0.475. The molecule has 1 heterocycles. The average Bonchev–Trinajstić information content (AvgIpc) is 2.53. The molecule has 13 heavy (non-hydrogen) atoms. The van der Waals surface area contributed by atoms with Crippen molar-refractivity contribution >= 4 is 11.8 Å². The number of carbonyl (C=O) groups excluding carboxylic acids is 2. The molecule has 1 aliphatic heterocycles. The second-order valence-electron chi connectivity index (χ2n) is 3.63. The molecule has 0 radical (unpaired) electrons. The Morgan fingerprint density at radius 1 is 1.23 bits per heavy atom. The van der Waals surface area contributed by atoms with Crippen molar-refractivity contribution in [1.29, 1.82) is 0 Å². The Hall–Kier alpha value is -1.06. The van der Waals surface area contributed by atoms with Crippen LogP contribution < -0.4 is 5.32 Å². The molecule has 4 heteroatoms. The summed E-state index contributed by atoms with van der Waals surface area (Å²) < 4.78 is 0.